The van der Waals surface area contributed by atoms with E-state index in [1.165, 1.54) is 42.4 Å². The van der Waals surface area contributed by atoms with Crippen LogP contribution < -0.4 is 4.74 Å². The van der Waals surface area contributed by atoms with Gasteiger partial charge in [0.1, 0.15) is 5.75 Å². The molecule has 128 valence electrons. The molecule has 1 aliphatic carbocycles. The molecule has 0 aliphatic heterocycles. The van der Waals surface area contributed by atoms with E-state index in [1.807, 2.05) is 0 Å². The maximum atomic E-state index is 5.52. The molecule has 23 heavy (non-hydrogen) atoms. The predicted molar refractivity (Wildman–Crippen MR) is 99.4 cm³/mol. The summed E-state index contributed by atoms with van der Waals surface area (Å²) in [4.78, 5) is 2.48. The van der Waals surface area contributed by atoms with Crippen molar-refractivity contribution in [3.63, 3.8) is 0 Å². The smallest absolute Gasteiger partial charge is 0.122 e. The Morgan fingerprint density at radius 2 is 1.83 bits per heavy atom. The lowest BCUT2D eigenvalue weighted by Crippen LogP contribution is -2.34. The Morgan fingerprint density at radius 1 is 1.17 bits per heavy atom. The first-order chi connectivity index (χ1) is 11.1. The Labute approximate surface area is 142 Å². The number of aryl methyl sites for hydroxylation is 1. The number of ether oxygens (including phenoxy) is 1. The molecule has 0 atom stereocenters. The summed E-state index contributed by atoms with van der Waals surface area (Å²) < 4.78 is 5.52. The van der Waals surface area contributed by atoms with E-state index in [0.717, 1.165) is 31.8 Å². The molecule has 0 amide bonds. The Bertz CT molecular complexity index is 525. The molecule has 0 radical (unpaired) electrons. The quantitative estimate of drug-likeness (QED) is 0.628. The van der Waals surface area contributed by atoms with Gasteiger partial charge in [0, 0.05) is 12.0 Å². The number of hydrogen-bond acceptors (Lipinski definition) is 2. The molecule has 1 fully saturated rings. The molecule has 0 heterocycles. The van der Waals surface area contributed by atoms with E-state index in [4.69, 9.17) is 4.74 Å². The third-order valence-electron chi connectivity index (χ3n) is 5.66. The molecule has 0 N–H and O–H groups in total. The second kappa shape index (κ2) is 8.01. The summed E-state index contributed by atoms with van der Waals surface area (Å²) in [6.07, 6.45) is 6.11. The van der Waals surface area contributed by atoms with E-state index < -0.39 is 0 Å². The van der Waals surface area contributed by atoms with Gasteiger partial charge in [0.15, 0.2) is 0 Å². The highest BCUT2D eigenvalue weighted by molar-refractivity contribution is 5.45. The van der Waals surface area contributed by atoms with Crippen molar-refractivity contribution in [3.8, 4) is 5.75 Å². The summed E-state index contributed by atoms with van der Waals surface area (Å²) in [5.74, 6) is 1.01. The molecule has 1 aromatic rings. The largest absolute Gasteiger partial charge is 0.496 e. The molecular weight excluding hydrogens is 282 g/mol. The van der Waals surface area contributed by atoms with Crippen molar-refractivity contribution in [2.45, 2.75) is 58.3 Å². The van der Waals surface area contributed by atoms with Crippen LogP contribution in [0.3, 0.4) is 0 Å². The summed E-state index contributed by atoms with van der Waals surface area (Å²) in [5.41, 5.74) is 4.32. The SMILES string of the molecule is C=C(CN(CC)CC)C1(c2ccc(OC)c(CC)c2)CCCC1. The molecule has 0 bridgehead atoms. The van der Waals surface area contributed by atoms with Gasteiger partial charge in [0.2, 0.25) is 0 Å². The Morgan fingerprint density at radius 3 is 2.35 bits per heavy atom. The van der Waals surface area contributed by atoms with Crippen molar-refractivity contribution in [3.05, 3.63) is 41.5 Å². The van der Waals surface area contributed by atoms with Gasteiger partial charge in [-0.15, -0.1) is 0 Å². The van der Waals surface area contributed by atoms with Crippen LogP contribution in [0.4, 0.5) is 0 Å². The van der Waals surface area contributed by atoms with Gasteiger partial charge in [-0.2, -0.15) is 0 Å². The van der Waals surface area contributed by atoms with Crippen LogP contribution in [0.2, 0.25) is 0 Å². The molecule has 1 aliphatic rings. The Kier molecular flexibility index (Phi) is 6.29. The van der Waals surface area contributed by atoms with Crippen LogP contribution in [0.15, 0.2) is 30.4 Å². The predicted octanol–water partition coefficient (Wildman–Crippen LogP) is 4.97. The van der Waals surface area contributed by atoms with E-state index in [2.05, 4.69) is 50.4 Å². The topological polar surface area (TPSA) is 12.5 Å². The van der Waals surface area contributed by atoms with E-state index in [0.29, 0.717) is 0 Å². The molecule has 2 nitrogen and oxygen atoms in total. The maximum absolute atomic E-state index is 5.52. The standard InChI is InChI=1S/C21H33NO/c1-6-18-15-19(11-12-20(18)23-5)21(13-9-10-14-21)17(4)16-22(7-2)8-3/h11-12,15H,4,6-10,13-14,16H2,1-3,5H3. The van der Waals surface area contributed by atoms with Crippen LogP contribution in [-0.4, -0.2) is 31.6 Å². The zero-order valence-electron chi connectivity index (χ0n) is 15.5. The minimum atomic E-state index is 0.165. The van der Waals surface area contributed by atoms with E-state index in [-0.39, 0.29) is 5.41 Å². The lowest BCUT2D eigenvalue weighted by atomic mass is 9.72. The lowest BCUT2D eigenvalue weighted by molar-refractivity contribution is 0.309. The fourth-order valence-corrected chi connectivity index (χ4v) is 4.05. The number of likely N-dealkylation sites (N-methyl/N-ethyl adjacent to an activating group) is 1. The highest BCUT2D eigenvalue weighted by atomic mass is 16.5. The molecule has 2 heteroatoms. The van der Waals surface area contributed by atoms with Crippen molar-refractivity contribution >= 4 is 0 Å². The Balaban J connectivity index is 2.35. The monoisotopic (exact) mass is 315 g/mol. The summed E-state index contributed by atoms with van der Waals surface area (Å²) in [6.45, 7) is 14.4. The molecule has 0 unspecified atom stereocenters. The van der Waals surface area contributed by atoms with Gasteiger partial charge >= 0.3 is 0 Å². The number of nitrogens with zero attached hydrogens (tertiary/aromatic N) is 1. The minimum Gasteiger partial charge on any atom is -0.496 e. The second-order valence-corrected chi connectivity index (χ2v) is 6.73. The third kappa shape index (κ3) is 3.63. The van der Waals surface area contributed by atoms with Crippen molar-refractivity contribution in [1.82, 2.24) is 4.90 Å². The number of hydrogen-bond donors (Lipinski definition) is 0. The summed E-state index contributed by atoms with van der Waals surface area (Å²) >= 11 is 0. The number of rotatable bonds is 8. The molecule has 0 saturated heterocycles. The van der Waals surface area contributed by atoms with Crippen LogP contribution >= 0.6 is 0 Å². The van der Waals surface area contributed by atoms with Crippen molar-refractivity contribution < 1.29 is 4.74 Å². The summed E-state index contributed by atoms with van der Waals surface area (Å²) in [7, 11) is 1.76. The molecule has 1 saturated carbocycles. The van der Waals surface area contributed by atoms with Crippen LogP contribution in [0, 0.1) is 0 Å². The maximum Gasteiger partial charge on any atom is 0.122 e. The summed E-state index contributed by atoms with van der Waals surface area (Å²) in [6, 6.07) is 6.80. The van der Waals surface area contributed by atoms with Gasteiger partial charge in [-0.3, -0.25) is 4.90 Å². The normalized spacial score (nSPS) is 16.7. The van der Waals surface area contributed by atoms with E-state index in [9.17, 15) is 0 Å². The fourth-order valence-electron chi connectivity index (χ4n) is 4.05. The van der Waals surface area contributed by atoms with Gasteiger partial charge in [0.05, 0.1) is 7.11 Å². The van der Waals surface area contributed by atoms with Gasteiger partial charge in [-0.25, -0.2) is 0 Å². The first-order valence-electron chi connectivity index (χ1n) is 9.19. The molecular formula is C21H33NO. The van der Waals surface area contributed by atoms with E-state index >= 15 is 0 Å². The van der Waals surface area contributed by atoms with Crippen molar-refractivity contribution in [2.75, 3.05) is 26.7 Å². The van der Waals surface area contributed by atoms with E-state index in [1.54, 1.807) is 7.11 Å². The Hall–Kier alpha value is -1.28. The van der Waals surface area contributed by atoms with Crippen LogP contribution in [0.5, 0.6) is 5.75 Å². The van der Waals surface area contributed by atoms with Crippen molar-refractivity contribution in [1.29, 1.82) is 0 Å². The first-order valence-corrected chi connectivity index (χ1v) is 9.19. The highest BCUT2D eigenvalue weighted by Crippen LogP contribution is 2.47. The average Bonchev–Trinajstić information content (AvgIpc) is 3.09. The van der Waals surface area contributed by atoms with Crippen LogP contribution in [-0.2, 0) is 11.8 Å². The summed E-state index contributed by atoms with van der Waals surface area (Å²) in [5, 5.41) is 0. The van der Waals surface area contributed by atoms with Gasteiger partial charge < -0.3 is 4.74 Å². The second-order valence-electron chi connectivity index (χ2n) is 6.73. The third-order valence-corrected chi connectivity index (χ3v) is 5.66. The fraction of sp³-hybridized carbons (Fsp3) is 0.619. The van der Waals surface area contributed by atoms with Crippen molar-refractivity contribution in [2.24, 2.45) is 0 Å². The molecule has 2 rings (SSSR count). The number of methoxy groups -OCH3 is 1. The van der Waals surface area contributed by atoms with Crippen LogP contribution in [0.25, 0.3) is 0 Å². The lowest BCUT2D eigenvalue weighted by Gasteiger charge is -2.35. The van der Waals surface area contributed by atoms with Gasteiger partial charge in [-0.05, 0) is 49.5 Å². The van der Waals surface area contributed by atoms with Crippen LogP contribution in [0.1, 0.15) is 57.6 Å². The average molecular weight is 316 g/mol. The first kappa shape index (κ1) is 18.1. The minimum absolute atomic E-state index is 0.165. The number of benzene rings is 1. The zero-order valence-corrected chi connectivity index (χ0v) is 15.5. The zero-order chi connectivity index (χ0) is 16.9. The van der Waals surface area contributed by atoms with Gasteiger partial charge in [-0.1, -0.05) is 57.9 Å². The highest BCUT2D eigenvalue weighted by Gasteiger charge is 2.38. The molecule has 1 aromatic carbocycles. The van der Waals surface area contributed by atoms with Gasteiger partial charge in [0.25, 0.3) is 0 Å². The molecule has 0 spiro atoms. The molecule has 0 aromatic heterocycles.